The molecule has 0 saturated heterocycles. The predicted molar refractivity (Wildman–Crippen MR) is 235 cm³/mol. The first-order chi connectivity index (χ1) is 26.9. The number of anilines is 6. The van der Waals surface area contributed by atoms with Crippen LogP contribution in [-0.2, 0) is 0 Å². The van der Waals surface area contributed by atoms with E-state index in [1.807, 2.05) is 12.1 Å². The molecule has 1 aliphatic heterocycles. The molecular weight excluding hydrogens is 685 g/mol. The lowest BCUT2D eigenvalue weighted by Crippen LogP contribution is -2.49. The minimum absolute atomic E-state index is 0.896. The van der Waals surface area contributed by atoms with Gasteiger partial charge in [-0.25, -0.2) is 0 Å². The molecule has 4 heteroatoms. The second kappa shape index (κ2) is 13.0. The molecule has 0 spiro atoms. The molecule has 2 heterocycles. The smallest absolute Gasteiger partial charge is 0.135 e. The highest BCUT2D eigenvalue weighted by atomic mass is 28.3. The summed E-state index contributed by atoms with van der Waals surface area (Å²) in [4.78, 5) is 4.86. The Morgan fingerprint density at radius 2 is 1.04 bits per heavy atom. The molecule has 8 aromatic carbocycles. The van der Waals surface area contributed by atoms with Gasteiger partial charge < -0.3 is 14.2 Å². The Hall–Kier alpha value is -6.62. The predicted octanol–water partition coefficient (Wildman–Crippen LogP) is 13.3. The van der Waals surface area contributed by atoms with Crippen molar-refractivity contribution in [2.45, 2.75) is 20.0 Å². The molecule has 264 valence electrons. The molecule has 0 amide bonds. The number of rotatable bonds is 7. The van der Waals surface area contributed by atoms with Gasteiger partial charge in [-0.1, -0.05) is 122 Å². The minimum atomic E-state index is -2.07. The minimum Gasteiger partial charge on any atom is -0.456 e. The molecule has 0 aliphatic carbocycles. The van der Waals surface area contributed by atoms with Crippen molar-refractivity contribution in [3.05, 3.63) is 194 Å². The van der Waals surface area contributed by atoms with Gasteiger partial charge in [-0.3, -0.25) is 0 Å². The van der Waals surface area contributed by atoms with Gasteiger partial charge in [0, 0.05) is 44.8 Å². The van der Waals surface area contributed by atoms with E-state index in [-0.39, 0.29) is 0 Å². The van der Waals surface area contributed by atoms with Crippen molar-refractivity contribution in [2.24, 2.45) is 0 Å². The molecule has 0 atom stereocenters. The van der Waals surface area contributed by atoms with E-state index in [2.05, 4.69) is 206 Å². The van der Waals surface area contributed by atoms with Crippen LogP contribution in [0.5, 0.6) is 0 Å². The number of benzene rings is 8. The monoisotopic (exact) mass is 724 g/mol. The first-order valence-corrected chi connectivity index (χ1v) is 22.0. The Balaban J connectivity index is 1.18. The number of nitrogens with zero attached hydrogens (tertiary/aromatic N) is 2. The summed E-state index contributed by atoms with van der Waals surface area (Å²) in [6, 6.07) is 68.3. The van der Waals surface area contributed by atoms with E-state index in [1.54, 1.807) is 0 Å². The number of hydrogen-bond donors (Lipinski definition) is 0. The molecule has 3 nitrogen and oxygen atoms in total. The fourth-order valence-electron chi connectivity index (χ4n) is 8.63. The first kappa shape index (κ1) is 33.0. The van der Waals surface area contributed by atoms with Gasteiger partial charge in [-0.2, -0.15) is 0 Å². The summed E-state index contributed by atoms with van der Waals surface area (Å²) in [5.41, 5.74) is 14.9. The second-order valence-corrected chi connectivity index (χ2v) is 19.4. The highest BCUT2D eigenvalue weighted by Gasteiger charge is 2.40. The van der Waals surface area contributed by atoms with Crippen LogP contribution >= 0.6 is 0 Å². The van der Waals surface area contributed by atoms with Crippen molar-refractivity contribution in [3.63, 3.8) is 0 Å². The van der Waals surface area contributed by atoms with Gasteiger partial charge in [-0.15, -0.1) is 0 Å². The number of furan rings is 1. The second-order valence-electron chi connectivity index (χ2n) is 15.1. The first-order valence-electron chi connectivity index (χ1n) is 19.0. The Morgan fingerprint density at radius 1 is 0.418 bits per heavy atom. The molecule has 0 bridgehead atoms. The van der Waals surface area contributed by atoms with E-state index in [0.717, 1.165) is 50.4 Å². The molecule has 0 radical (unpaired) electrons. The Morgan fingerprint density at radius 3 is 1.85 bits per heavy atom. The van der Waals surface area contributed by atoms with Gasteiger partial charge in [0.2, 0.25) is 0 Å². The molecular formula is C51H40N2OSi. The van der Waals surface area contributed by atoms with Crippen molar-refractivity contribution in [1.82, 2.24) is 0 Å². The molecule has 0 N–H and O–H groups in total. The number of para-hydroxylation sites is 2. The van der Waals surface area contributed by atoms with Gasteiger partial charge in [0.05, 0.1) is 5.69 Å². The van der Waals surface area contributed by atoms with Crippen molar-refractivity contribution in [1.29, 1.82) is 0 Å². The summed E-state index contributed by atoms with van der Waals surface area (Å²) in [5, 5.41) is 5.17. The van der Waals surface area contributed by atoms with Gasteiger partial charge in [0.1, 0.15) is 19.2 Å². The normalized spacial score (nSPS) is 12.8. The average molecular weight is 725 g/mol. The molecule has 0 fully saturated rings. The largest absolute Gasteiger partial charge is 0.456 e. The summed E-state index contributed by atoms with van der Waals surface area (Å²) in [7, 11) is -2.07. The zero-order chi connectivity index (χ0) is 37.1. The quantitative estimate of drug-likeness (QED) is 0.153. The third-order valence-corrected chi connectivity index (χ3v) is 14.8. The molecule has 10 rings (SSSR count). The molecule has 1 aliphatic rings. The molecule has 1 aromatic heterocycles. The Labute approximate surface area is 323 Å². The lowest BCUT2D eigenvalue weighted by molar-refractivity contribution is 0.669. The van der Waals surface area contributed by atoms with Crippen molar-refractivity contribution in [3.8, 4) is 22.3 Å². The number of fused-ring (bicyclic) bond motifs is 6. The molecule has 0 unspecified atom stereocenters. The lowest BCUT2D eigenvalue weighted by atomic mass is 10.00. The molecule has 0 saturated carbocycles. The zero-order valence-corrected chi connectivity index (χ0v) is 32.2. The maximum Gasteiger partial charge on any atom is 0.135 e. The van der Waals surface area contributed by atoms with Crippen molar-refractivity contribution < 1.29 is 4.42 Å². The van der Waals surface area contributed by atoms with E-state index in [1.165, 1.54) is 43.9 Å². The van der Waals surface area contributed by atoms with Gasteiger partial charge in [0.15, 0.2) is 0 Å². The summed E-state index contributed by atoms with van der Waals surface area (Å²) in [6.07, 6.45) is 0. The Kier molecular flexibility index (Phi) is 7.82. The van der Waals surface area contributed by atoms with Crippen LogP contribution in [0.3, 0.4) is 0 Å². The summed E-state index contributed by atoms with van der Waals surface area (Å²) in [6.45, 7) is 7.17. The van der Waals surface area contributed by atoms with Crippen LogP contribution in [0.15, 0.2) is 192 Å². The van der Waals surface area contributed by atoms with E-state index < -0.39 is 8.07 Å². The van der Waals surface area contributed by atoms with Gasteiger partial charge >= 0.3 is 0 Å². The average Bonchev–Trinajstić information content (AvgIpc) is 3.70. The van der Waals surface area contributed by atoms with Crippen LogP contribution in [0.1, 0.15) is 5.56 Å². The maximum absolute atomic E-state index is 6.28. The summed E-state index contributed by atoms with van der Waals surface area (Å²) >= 11 is 0. The third kappa shape index (κ3) is 5.57. The van der Waals surface area contributed by atoms with Crippen LogP contribution in [0.25, 0.3) is 44.2 Å². The van der Waals surface area contributed by atoms with Crippen LogP contribution in [0.4, 0.5) is 34.1 Å². The topological polar surface area (TPSA) is 19.6 Å². The number of hydrogen-bond acceptors (Lipinski definition) is 3. The van der Waals surface area contributed by atoms with Crippen LogP contribution in [0, 0.1) is 6.92 Å². The third-order valence-electron chi connectivity index (χ3n) is 11.3. The van der Waals surface area contributed by atoms with E-state index in [9.17, 15) is 0 Å². The zero-order valence-electron chi connectivity index (χ0n) is 31.2. The van der Waals surface area contributed by atoms with E-state index in [0.29, 0.717) is 0 Å². The highest BCUT2D eigenvalue weighted by molar-refractivity contribution is 7.04. The summed E-state index contributed by atoms with van der Waals surface area (Å²) in [5.74, 6) is 0. The van der Waals surface area contributed by atoms with Crippen LogP contribution in [-0.4, -0.2) is 8.07 Å². The molecule has 9 aromatic rings. The van der Waals surface area contributed by atoms with E-state index in [4.69, 9.17) is 4.42 Å². The van der Waals surface area contributed by atoms with Crippen molar-refractivity contribution >= 4 is 74.5 Å². The lowest BCUT2D eigenvalue weighted by Gasteiger charge is -2.29. The highest BCUT2D eigenvalue weighted by Crippen LogP contribution is 2.46. The van der Waals surface area contributed by atoms with Crippen LogP contribution < -0.4 is 20.2 Å². The van der Waals surface area contributed by atoms with E-state index >= 15 is 0 Å². The number of aryl methyl sites for hydroxylation is 1. The summed E-state index contributed by atoms with van der Waals surface area (Å²) < 4.78 is 6.28. The standard InChI is InChI=1S/C51H40N2OSi/c1-35-15-12-21-39(31-35)52(40-22-13-18-37(32-40)36-16-6-4-7-17-36)41-28-30-49-45(34-41)51-46(24-14-26-50(51)55(49,2)3)53(38-19-8-5-9-20-38)42-27-29-48-44(33-42)43-23-10-11-25-47(43)54-48/h4-34H,1-3H3. The fourth-order valence-corrected chi connectivity index (χ4v) is 11.7. The SMILES string of the molecule is Cc1cccc(N(c2cccc(-c3ccccc3)c2)c2ccc3c(c2)-c2c(N(c4ccccc4)c4ccc5oc6ccccc6c5c4)cccc2[Si]3(C)C)c1. The van der Waals surface area contributed by atoms with Crippen molar-refractivity contribution in [2.75, 3.05) is 9.80 Å². The fraction of sp³-hybridized carbons (Fsp3) is 0.0588. The maximum atomic E-state index is 6.28. The van der Waals surface area contributed by atoms with Gasteiger partial charge in [-0.05, 0) is 118 Å². The Bertz CT molecular complexity index is 2880. The molecule has 55 heavy (non-hydrogen) atoms. The van der Waals surface area contributed by atoms with Crippen LogP contribution in [0.2, 0.25) is 13.1 Å². The van der Waals surface area contributed by atoms with Gasteiger partial charge in [0.25, 0.3) is 0 Å².